The molecule has 1 aromatic rings. The van der Waals surface area contributed by atoms with E-state index < -0.39 is 4.92 Å². The van der Waals surface area contributed by atoms with Crippen molar-refractivity contribution in [3.05, 3.63) is 22.2 Å². The average Bonchev–Trinajstić information content (AvgIpc) is 2.14. The van der Waals surface area contributed by atoms with Gasteiger partial charge in [0, 0.05) is 11.8 Å². The van der Waals surface area contributed by atoms with Crippen molar-refractivity contribution in [1.29, 1.82) is 0 Å². The number of aliphatic hydroxyl groups excluding tert-OH is 1. The van der Waals surface area contributed by atoms with E-state index in [1.165, 1.54) is 23.9 Å². The normalized spacial score (nSPS) is 10.1. The summed E-state index contributed by atoms with van der Waals surface area (Å²) in [6.07, 6.45) is 0. The lowest BCUT2D eigenvalue weighted by molar-refractivity contribution is -0.384. The third-order valence-electron chi connectivity index (χ3n) is 1.41. The minimum Gasteiger partial charge on any atom is -0.396 e. The molecule has 0 unspecified atom stereocenters. The molecule has 0 aliphatic rings. The molecular formula is C7H9N3O3S. The van der Waals surface area contributed by atoms with Crippen LogP contribution in [0.2, 0.25) is 0 Å². The highest BCUT2D eigenvalue weighted by molar-refractivity contribution is 7.99. The monoisotopic (exact) mass is 215 g/mol. The molecule has 7 heteroatoms. The van der Waals surface area contributed by atoms with Crippen LogP contribution in [0.1, 0.15) is 0 Å². The summed E-state index contributed by atoms with van der Waals surface area (Å²) in [5, 5.41) is 19.5. The second kappa shape index (κ2) is 4.77. The molecule has 6 nitrogen and oxygen atoms in total. The quantitative estimate of drug-likeness (QED) is 0.434. The van der Waals surface area contributed by atoms with E-state index in [2.05, 4.69) is 4.98 Å². The summed E-state index contributed by atoms with van der Waals surface area (Å²) in [4.78, 5) is 13.6. The molecule has 14 heavy (non-hydrogen) atoms. The van der Waals surface area contributed by atoms with Gasteiger partial charge in [-0.2, -0.15) is 0 Å². The maximum absolute atomic E-state index is 10.4. The average molecular weight is 215 g/mol. The first-order valence-electron chi connectivity index (χ1n) is 3.79. The molecule has 0 saturated carbocycles. The molecule has 0 atom stereocenters. The fourth-order valence-corrected chi connectivity index (χ4v) is 1.46. The number of rotatable bonds is 4. The van der Waals surface area contributed by atoms with Crippen LogP contribution in [0.5, 0.6) is 0 Å². The van der Waals surface area contributed by atoms with Crippen LogP contribution in [-0.4, -0.2) is 27.4 Å². The van der Waals surface area contributed by atoms with Crippen molar-refractivity contribution in [2.24, 2.45) is 0 Å². The number of hydrogen-bond acceptors (Lipinski definition) is 6. The fraction of sp³-hybridized carbons (Fsp3) is 0.286. The van der Waals surface area contributed by atoms with Crippen molar-refractivity contribution in [2.75, 3.05) is 18.1 Å². The van der Waals surface area contributed by atoms with Crippen LogP contribution in [0.3, 0.4) is 0 Å². The Morgan fingerprint density at radius 2 is 2.36 bits per heavy atom. The number of anilines is 1. The van der Waals surface area contributed by atoms with E-state index >= 15 is 0 Å². The summed E-state index contributed by atoms with van der Waals surface area (Å²) in [5.41, 5.74) is 5.17. The Bertz CT molecular complexity index is 345. The Morgan fingerprint density at radius 1 is 1.64 bits per heavy atom. The molecule has 1 rings (SSSR count). The number of nitrogens with zero attached hydrogens (tertiary/aromatic N) is 2. The number of nitrogen functional groups attached to an aromatic ring is 1. The smallest absolute Gasteiger partial charge is 0.311 e. The molecule has 0 aliphatic heterocycles. The minimum atomic E-state index is -0.581. The summed E-state index contributed by atoms with van der Waals surface area (Å²) >= 11 is 1.29. The van der Waals surface area contributed by atoms with Gasteiger partial charge in [-0.25, -0.2) is 4.98 Å². The number of nitro groups is 1. The van der Waals surface area contributed by atoms with E-state index in [1.54, 1.807) is 0 Å². The summed E-state index contributed by atoms with van der Waals surface area (Å²) in [5.74, 6) is 0.391. The lowest BCUT2D eigenvalue weighted by Crippen LogP contribution is -1.99. The van der Waals surface area contributed by atoms with E-state index in [-0.39, 0.29) is 18.1 Å². The van der Waals surface area contributed by atoms with E-state index in [0.717, 1.165) is 0 Å². The molecule has 0 aromatic carbocycles. The number of hydrogen-bond donors (Lipinski definition) is 2. The third kappa shape index (κ3) is 2.57. The molecule has 0 saturated heterocycles. The Kier molecular flexibility index (Phi) is 3.66. The topological polar surface area (TPSA) is 102 Å². The molecule has 76 valence electrons. The zero-order valence-electron chi connectivity index (χ0n) is 7.21. The van der Waals surface area contributed by atoms with Crippen LogP contribution in [0, 0.1) is 10.1 Å². The molecule has 0 aliphatic carbocycles. The van der Waals surface area contributed by atoms with Gasteiger partial charge in [-0.15, -0.1) is 11.8 Å². The number of aliphatic hydroxyl groups is 1. The largest absolute Gasteiger partial charge is 0.396 e. The maximum Gasteiger partial charge on any atom is 0.311 e. The van der Waals surface area contributed by atoms with Gasteiger partial charge < -0.3 is 10.8 Å². The number of pyridine rings is 1. The molecular weight excluding hydrogens is 206 g/mol. The zero-order chi connectivity index (χ0) is 10.6. The summed E-state index contributed by atoms with van der Waals surface area (Å²) in [6.45, 7) is 0.0310. The van der Waals surface area contributed by atoms with Crippen LogP contribution < -0.4 is 5.73 Å². The highest BCUT2D eigenvalue weighted by atomic mass is 32.2. The van der Waals surface area contributed by atoms with Gasteiger partial charge in [-0.05, 0) is 6.07 Å². The highest BCUT2D eigenvalue weighted by Gasteiger charge is 2.12. The Hall–Kier alpha value is -1.34. The van der Waals surface area contributed by atoms with Crippen LogP contribution in [-0.2, 0) is 0 Å². The molecule has 0 bridgehead atoms. The van der Waals surface area contributed by atoms with Gasteiger partial charge in [0.1, 0.15) is 0 Å². The predicted molar refractivity (Wildman–Crippen MR) is 53.1 cm³/mol. The van der Waals surface area contributed by atoms with E-state index in [1.807, 2.05) is 0 Å². The van der Waals surface area contributed by atoms with Crippen molar-refractivity contribution in [1.82, 2.24) is 4.98 Å². The first-order valence-corrected chi connectivity index (χ1v) is 4.78. The second-order valence-electron chi connectivity index (χ2n) is 2.38. The second-order valence-corrected chi connectivity index (χ2v) is 3.50. The van der Waals surface area contributed by atoms with Gasteiger partial charge in [0.05, 0.1) is 16.6 Å². The van der Waals surface area contributed by atoms with Crippen molar-refractivity contribution in [3.63, 3.8) is 0 Å². The Balaban J connectivity index is 2.83. The van der Waals surface area contributed by atoms with E-state index in [0.29, 0.717) is 10.8 Å². The molecule has 1 heterocycles. The first-order chi connectivity index (χ1) is 6.65. The number of thioether (sulfide) groups is 1. The Labute approximate surface area is 84.3 Å². The standard InChI is InChI=1S/C7H9N3O3S/c8-7-5(10(12)13)1-2-6(9-7)14-4-3-11/h1-2,11H,3-4H2,(H2,8,9). The molecule has 0 radical (unpaired) electrons. The summed E-state index contributed by atoms with van der Waals surface area (Å²) in [6, 6.07) is 2.82. The van der Waals surface area contributed by atoms with Crippen molar-refractivity contribution >= 4 is 23.3 Å². The van der Waals surface area contributed by atoms with Crippen LogP contribution in [0.25, 0.3) is 0 Å². The summed E-state index contributed by atoms with van der Waals surface area (Å²) in [7, 11) is 0. The van der Waals surface area contributed by atoms with Gasteiger partial charge in [0.2, 0.25) is 5.82 Å². The molecule has 0 spiro atoms. The van der Waals surface area contributed by atoms with Crippen molar-refractivity contribution in [3.8, 4) is 0 Å². The van der Waals surface area contributed by atoms with Crippen LogP contribution in [0.15, 0.2) is 17.2 Å². The lowest BCUT2D eigenvalue weighted by Gasteiger charge is -2.00. The summed E-state index contributed by atoms with van der Waals surface area (Å²) < 4.78 is 0. The first kappa shape index (κ1) is 10.7. The van der Waals surface area contributed by atoms with Crippen molar-refractivity contribution in [2.45, 2.75) is 5.03 Å². The van der Waals surface area contributed by atoms with Gasteiger partial charge in [-0.3, -0.25) is 10.1 Å². The van der Waals surface area contributed by atoms with Gasteiger partial charge >= 0.3 is 5.69 Å². The lowest BCUT2D eigenvalue weighted by atomic mass is 10.4. The predicted octanol–water partition coefficient (Wildman–Crippen LogP) is 0.656. The molecule has 0 amide bonds. The maximum atomic E-state index is 10.4. The third-order valence-corrected chi connectivity index (χ3v) is 2.32. The van der Waals surface area contributed by atoms with Gasteiger partial charge in [0.15, 0.2) is 0 Å². The van der Waals surface area contributed by atoms with Crippen LogP contribution >= 0.6 is 11.8 Å². The zero-order valence-corrected chi connectivity index (χ0v) is 8.03. The SMILES string of the molecule is Nc1nc(SCCO)ccc1[N+](=O)[O-]. The number of aromatic nitrogens is 1. The molecule has 0 fully saturated rings. The minimum absolute atomic E-state index is 0.0310. The van der Waals surface area contributed by atoms with Gasteiger partial charge in [-0.1, -0.05) is 0 Å². The number of nitrogens with two attached hydrogens (primary N) is 1. The fourth-order valence-electron chi connectivity index (χ4n) is 0.834. The molecule has 1 aromatic heterocycles. The van der Waals surface area contributed by atoms with Crippen molar-refractivity contribution < 1.29 is 10.0 Å². The van der Waals surface area contributed by atoms with Crippen LogP contribution in [0.4, 0.5) is 11.5 Å². The van der Waals surface area contributed by atoms with Gasteiger partial charge in [0.25, 0.3) is 0 Å². The Morgan fingerprint density at radius 3 is 2.86 bits per heavy atom. The van der Waals surface area contributed by atoms with E-state index in [4.69, 9.17) is 10.8 Å². The van der Waals surface area contributed by atoms with E-state index in [9.17, 15) is 10.1 Å². The molecule has 3 N–H and O–H groups in total. The highest BCUT2D eigenvalue weighted by Crippen LogP contribution is 2.23.